The molecule has 0 aliphatic heterocycles. The van der Waals surface area contributed by atoms with E-state index in [2.05, 4.69) is 110 Å². The van der Waals surface area contributed by atoms with Gasteiger partial charge in [0.15, 0.2) is 5.78 Å². The van der Waals surface area contributed by atoms with Crippen LogP contribution in [0.4, 0.5) is 0 Å². The van der Waals surface area contributed by atoms with Gasteiger partial charge in [-0.15, -0.1) is 0 Å². The van der Waals surface area contributed by atoms with Crippen LogP contribution in [-0.2, 0) is 17.6 Å². The fourth-order valence-corrected chi connectivity index (χ4v) is 7.52. The molecule has 0 radical (unpaired) electrons. The monoisotopic (exact) mass is 602 g/mol. The van der Waals surface area contributed by atoms with Crippen LogP contribution in [0, 0.1) is 0 Å². The van der Waals surface area contributed by atoms with Gasteiger partial charge in [-0.3, -0.25) is 4.79 Å². The highest BCUT2D eigenvalue weighted by molar-refractivity contribution is 5.92. The van der Waals surface area contributed by atoms with Crippen molar-refractivity contribution in [3.8, 4) is 22.3 Å². The molecule has 2 unspecified atom stereocenters. The molecule has 2 aliphatic rings. The Bertz CT molecular complexity index is 1940. The first-order chi connectivity index (χ1) is 22.4. The molecule has 2 atom stereocenters. The van der Waals surface area contributed by atoms with Crippen LogP contribution in [0.1, 0.15) is 96.1 Å². The minimum Gasteiger partial charge on any atom is -0.323 e. The Hall–Kier alpha value is -5.03. The van der Waals surface area contributed by atoms with Crippen molar-refractivity contribution < 1.29 is 4.79 Å². The smallest absolute Gasteiger partial charge is 0.187 e. The van der Waals surface area contributed by atoms with Gasteiger partial charge in [0.1, 0.15) is 12.1 Å². The summed E-state index contributed by atoms with van der Waals surface area (Å²) in [5.41, 5.74) is 15.0. The van der Waals surface area contributed by atoms with Gasteiger partial charge in [0.25, 0.3) is 0 Å². The van der Waals surface area contributed by atoms with E-state index in [-0.39, 0.29) is 5.78 Å². The van der Waals surface area contributed by atoms with Crippen molar-refractivity contribution in [3.05, 3.63) is 155 Å². The summed E-state index contributed by atoms with van der Waals surface area (Å²) >= 11 is 0. The van der Waals surface area contributed by atoms with Crippen LogP contribution in [0.3, 0.4) is 0 Å². The summed E-state index contributed by atoms with van der Waals surface area (Å²) in [5.74, 6) is 1.05. The van der Waals surface area contributed by atoms with Crippen molar-refractivity contribution >= 4 is 5.78 Å². The highest BCUT2D eigenvalue weighted by Crippen LogP contribution is 2.42. The molecule has 0 saturated carbocycles. The van der Waals surface area contributed by atoms with Gasteiger partial charge in [-0.2, -0.15) is 0 Å². The van der Waals surface area contributed by atoms with E-state index in [4.69, 9.17) is 0 Å². The maximum Gasteiger partial charge on any atom is 0.187 e. The van der Waals surface area contributed by atoms with Crippen molar-refractivity contribution in [1.29, 1.82) is 0 Å². The fourth-order valence-electron chi connectivity index (χ4n) is 7.52. The molecule has 228 valence electrons. The molecule has 46 heavy (non-hydrogen) atoms. The number of hydrogen-bond donors (Lipinski definition) is 0. The molecule has 2 heterocycles. The van der Waals surface area contributed by atoms with Gasteiger partial charge in [-0.25, -0.2) is 9.97 Å². The summed E-state index contributed by atoms with van der Waals surface area (Å²) in [6.07, 6.45) is 12.6. The van der Waals surface area contributed by atoms with Gasteiger partial charge in [-0.1, -0.05) is 100 Å². The Labute approximate surface area is 270 Å². The van der Waals surface area contributed by atoms with E-state index in [0.717, 1.165) is 24.0 Å². The molecule has 6 aromatic rings. The van der Waals surface area contributed by atoms with E-state index < -0.39 is 12.1 Å². The highest BCUT2D eigenvalue weighted by atomic mass is 16.1. The molecule has 0 fully saturated rings. The number of aromatic nitrogens is 4. The number of rotatable bonds is 8. The molecular weight excluding hydrogens is 564 g/mol. The first-order valence-electron chi connectivity index (χ1n) is 16.4. The zero-order valence-corrected chi connectivity index (χ0v) is 26.8. The summed E-state index contributed by atoms with van der Waals surface area (Å²) in [7, 11) is 0. The molecule has 0 N–H and O–H groups in total. The lowest BCUT2D eigenvalue weighted by atomic mass is 9.90. The Morgan fingerprint density at radius 2 is 0.891 bits per heavy atom. The maximum atomic E-state index is 15.0. The third-order valence-corrected chi connectivity index (χ3v) is 10.0. The Morgan fingerprint density at radius 1 is 0.543 bits per heavy atom. The average Bonchev–Trinajstić information content (AvgIpc) is 3.87. The SMILES string of the molecule is CC(C)c1ccc2c(c1)Cc1cc(C(C(=O)C(c3ccc4c(c3)Cc3cc(C(C)C)ccc3-4)n3ccnc3)n3ccnc3)ccc1-2. The number of hydrogen-bond acceptors (Lipinski definition) is 3. The standard InChI is InChI=1S/C41H38N4O/c1-25(2)27-5-9-35-31(17-27)21-33-19-29(7-11-37(33)35)39(44-15-13-42-23-44)41(46)40(45-16-14-43-24-45)30-8-12-38-34(20-30)22-32-18-28(26(3)4)6-10-36(32)38/h5-20,23-26,39-40H,21-22H2,1-4H3. The second-order valence-corrected chi connectivity index (χ2v) is 13.6. The molecule has 0 spiro atoms. The Kier molecular flexibility index (Phi) is 6.86. The van der Waals surface area contributed by atoms with Crippen LogP contribution in [-0.4, -0.2) is 24.9 Å². The van der Waals surface area contributed by atoms with Gasteiger partial charge < -0.3 is 9.13 Å². The van der Waals surface area contributed by atoms with E-state index in [1.807, 2.05) is 21.5 Å². The summed E-state index contributed by atoms with van der Waals surface area (Å²) in [6.45, 7) is 8.95. The number of nitrogens with zero attached hydrogens (tertiary/aromatic N) is 4. The zero-order valence-electron chi connectivity index (χ0n) is 26.8. The molecule has 5 nitrogen and oxygen atoms in total. The van der Waals surface area contributed by atoms with Crippen molar-refractivity contribution in [2.45, 2.75) is 64.5 Å². The number of carbonyl (C=O) groups excluding carboxylic acids is 1. The number of fused-ring (bicyclic) bond motifs is 6. The van der Waals surface area contributed by atoms with Crippen molar-refractivity contribution in [3.63, 3.8) is 0 Å². The van der Waals surface area contributed by atoms with E-state index in [1.165, 1.54) is 55.6 Å². The van der Waals surface area contributed by atoms with Gasteiger partial charge in [0.2, 0.25) is 0 Å². The molecule has 0 saturated heterocycles. The minimum atomic E-state index is -0.547. The zero-order chi connectivity index (χ0) is 31.5. The number of benzene rings is 4. The lowest BCUT2D eigenvalue weighted by Gasteiger charge is -2.26. The largest absolute Gasteiger partial charge is 0.323 e. The summed E-state index contributed by atoms with van der Waals surface area (Å²) in [4.78, 5) is 23.7. The van der Waals surface area contributed by atoms with Crippen LogP contribution in [0.5, 0.6) is 0 Å². The second kappa shape index (κ2) is 11.1. The molecular formula is C41H38N4O. The predicted molar refractivity (Wildman–Crippen MR) is 183 cm³/mol. The van der Waals surface area contributed by atoms with E-state index in [0.29, 0.717) is 11.8 Å². The number of carbonyl (C=O) groups is 1. The third kappa shape index (κ3) is 4.73. The summed E-state index contributed by atoms with van der Waals surface area (Å²) in [6, 6.07) is 25.8. The number of imidazole rings is 2. The van der Waals surface area contributed by atoms with E-state index >= 15 is 4.79 Å². The van der Waals surface area contributed by atoms with Gasteiger partial charge in [-0.05, 0) is 91.4 Å². The number of ketones is 1. The van der Waals surface area contributed by atoms with Crippen LogP contribution in [0.25, 0.3) is 22.3 Å². The quantitative estimate of drug-likeness (QED) is 0.175. The summed E-state index contributed by atoms with van der Waals surface area (Å²) in [5, 5.41) is 0. The van der Waals surface area contributed by atoms with Gasteiger partial charge in [0, 0.05) is 24.8 Å². The second-order valence-electron chi connectivity index (χ2n) is 13.6. The Balaban J connectivity index is 1.18. The first kappa shape index (κ1) is 28.4. The van der Waals surface area contributed by atoms with E-state index in [1.54, 1.807) is 25.0 Å². The molecule has 4 aromatic carbocycles. The molecule has 2 aromatic heterocycles. The lowest BCUT2D eigenvalue weighted by molar-refractivity contribution is -0.123. The molecule has 8 rings (SSSR count). The third-order valence-electron chi connectivity index (χ3n) is 10.0. The average molecular weight is 603 g/mol. The van der Waals surface area contributed by atoms with Crippen molar-refractivity contribution in [2.75, 3.05) is 0 Å². The Morgan fingerprint density at radius 3 is 1.22 bits per heavy atom. The highest BCUT2D eigenvalue weighted by Gasteiger charge is 2.34. The van der Waals surface area contributed by atoms with Crippen molar-refractivity contribution in [2.24, 2.45) is 0 Å². The lowest BCUT2D eigenvalue weighted by Crippen LogP contribution is -2.29. The van der Waals surface area contributed by atoms with Crippen LogP contribution >= 0.6 is 0 Å². The maximum absolute atomic E-state index is 15.0. The van der Waals surface area contributed by atoms with Crippen molar-refractivity contribution in [1.82, 2.24) is 19.1 Å². The molecule has 5 heteroatoms. The topological polar surface area (TPSA) is 52.7 Å². The van der Waals surface area contributed by atoms with E-state index in [9.17, 15) is 0 Å². The van der Waals surface area contributed by atoms with Crippen LogP contribution in [0.15, 0.2) is 110 Å². The van der Waals surface area contributed by atoms with Gasteiger partial charge in [0.05, 0.1) is 12.7 Å². The van der Waals surface area contributed by atoms with Crippen LogP contribution < -0.4 is 0 Å². The molecule has 0 amide bonds. The summed E-state index contributed by atoms with van der Waals surface area (Å²) < 4.78 is 3.90. The predicted octanol–water partition coefficient (Wildman–Crippen LogP) is 8.92. The fraction of sp³-hybridized carbons (Fsp3) is 0.244. The van der Waals surface area contributed by atoms with Gasteiger partial charge >= 0.3 is 0 Å². The molecule has 2 aliphatic carbocycles. The first-order valence-corrected chi connectivity index (χ1v) is 16.4. The number of Topliss-reactive ketones (excluding diaryl/α,β-unsaturated/α-hetero) is 1. The van der Waals surface area contributed by atoms with Crippen LogP contribution in [0.2, 0.25) is 0 Å². The molecule has 0 bridgehead atoms. The normalized spacial score (nSPS) is 14.2. The minimum absolute atomic E-state index is 0.0751.